The van der Waals surface area contributed by atoms with Gasteiger partial charge in [-0.05, 0) is 71.6 Å². The highest BCUT2D eigenvalue weighted by molar-refractivity contribution is 9.11. The second-order valence-corrected chi connectivity index (χ2v) is 9.57. The van der Waals surface area contributed by atoms with Crippen LogP contribution in [0, 0.1) is 6.92 Å². The molecule has 0 spiro atoms. The number of amides is 3. The Labute approximate surface area is 187 Å². The quantitative estimate of drug-likeness (QED) is 0.618. The fourth-order valence-corrected chi connectivity index (χ4v) is 4.61. The van der Waals surface area contributed by atoms with Crippen LogP contribution in [0.15, 0.2) is 34.1 Å². The Morgan fingerprint density at radius 2 is 1.93 bits per heavy atom. The van der Waals surface area contributed by atoms with Crippen LogP contribution in [-0.4, -0.2) is 55.5 Å². The largest absolute Gasteiger partial charge is 0.382 e. The van der Waals surface area contributed by atoms with Gasteiger partial charge in [0.1, 0.15) is 6.04 Å². The molecule has 0 unspecified atom stereocenters. The van der Waals surface area contributed by atoms with Gasteiger partial charge in [-0.1, -0.05) is 0 Å². The minimum Gasteiger partial charge on any atom is -0.382 e. The second kappa shape index (κ2) is 10.2. The van der Waals surface area contributed by atoms with Gasteiger partial charge >= 0.3 is 0 Å². The number of halogens is 1. The van der Waals surface area contributed by atoms with Crippen LogP contribution in [0.25, 0.3) is 0 Å². The van der Waals surface area contributed by atoms with Crippen LogP contribution in [0.3, 0.4) is 0 Å². The van der Waals surface area contributed by atoms with Crippen LogP contribution >= 0.6 is 27.3 Å². The SMILES string of the molecule is COC[C@H](NC(=O)c1ccc(Br)s1)C(=O)Nc1ccc(C(=O)N2CCCC2)c(C)c1. The molecule has 7 nitrogen and oxygen atoms in total. The number of aryl methyl sites for hydroxylation is 1. The monoisotopic (exact) mass is 493 g/mol. The lowest BCUT2D eigenvalue weighted by Crippen LogP contribution is -2.46. The molecule has 1 atom stereocenters. The van der Waals surface area contributed by atoms with Crippen molar-refractivity contribution in [2.75, 3.05) is 32.1 Å². The summed E-state index contributed by atoms with van der Waals surface area (Å²) < 4.78 is 5.94. The van der Waals surface area contributed by atoms with Crippen molar-refractivity contribution in [2.45, 2.75) is 25.8 Å². The number of carbonyl (C=O) groups is 3. The summed E-state index contributed by atoms with van der Waals surface area (Å²) in [7, 11) is 1.47. The van der Waals surface area contributed by atoms with Crippen molar-refractivity contribution in [3.8, 4) is 0 Å². The number of ether oxygens (including phenoxy) is 1. The average molecular weight is 494 g/mol. The Hall–Kier alpha value is -2.23. The van der Waals surface area contributed by atoms with Crippen LogP contribution in [0.5, 0.6) is 0 Å². The standard InChI is InChI=1S/C21H24BrN3O4S/c1-13-11-14(5-6-15(13)21(28)25-9-3-4-10-25)23-19(26)16(12-29-2)24-20(27)17-7-8-18(22)30-17/h5-8,11,16H,3-4,9-10,12H2,1-2H3,(H,23,26)(H,24,27)/t16-/m0/s1. The van der Waals surface area contributed by atoms with E-state index < -0.39 is 6.04 Å². The summed E-state index contributed by atoms with van der Waals surface area (Å²) in [6.45, 7) is 3.46. The van der Waals surface area contributed by atoms with Gasteiger partial charge in [0.05, 0.1) is 15.3 Å². The lowest BCUT2D eigenvalue weighted by atomic mass is 10.1. The van der Waals surface area contributed by atoms with E-state index in [1.54, 1.807) is 30.3 Å². The van der Waals surface area contributed by atoms with Crippen LogP contribution in [0.1, 0.15) is 38.4 Å². The third-order valence-corrected chi connectivity index (χ3v) is 6.49. The summed E-state index contributed by atoms with van der Waals surface area (Å²) in [4.78, 5) is 40.1. The number of methoxy groups -OCH3 is 1. The molecule has 0 radical (unpaired) electrons. The van der Waals surface area contributed by atoms with E-state index >= 15 is 0 Å². The van der Waals surface area contributed by atoms with Crippen molar-refractivity contribution in [1.82, 2.24) is 10.2 Å². The molecule has 3 amide bonds. The molecule has 160 valence electrons. The molecule has 1 aliphatic rings. The molecule has 0 aliphatic carbocycles. The van der Waals surface area contributed by atoms with Crippen molar-refractivity contribution in [2.24, 2.45) is 0 Å². The van der Waals surface area contributed by atoms with Gasteiger partial charge in [0.2, 0.25) is 5.91 Å². The number of nitrogens with one attached hydrogen (secondary N) is 2. The highest BCUT2D eigenvalue weighted by Gasteiger charge is 2.24. The lowest BCUT2D eigenvalue weighted by molar-refractivity contribution is -0.119. The first-order valence-corrected chi connectivity index (χ1v) is 11.3. The van der Waals surface area contributed by atoms with E-state index in [0.717, 1.165) is 35.3 Å². The third-order valence-electron chi connectivity index (χ3n) is 4.87. The van der Waals surface area contributed by atoms with E-state index in [1.807, 2.05) is 11.8 Å². The smallest absolute Gasteiger partial charge is 0.262 e. The summed E-state index contributed by atoms with van der Waals surface area (Å²) in [6.07, 6.45) is 2.07. The van der Waals surface area contributed by atoms with Gasteiger partial charge in [0, 0.05) is 31.5 Å². The minimum absolute atomic E-state index is 0.0227. The van der Waals surface area contributed by atoms with Gasteiger partial charge in [-0.2, -0.15) is 0 Å². The molecule has 1 aromatic carbocycles. The fraction of sp³-hybridized carbons (Fsp3) is 0.381. The predicted octanol–water partition coefficient (Wildman–Crippen LogP) is 3.44. The van der Waals surface area contributed by atoms with Crippen molar-refractivity contribution < 1.29 is 19.1 Å². The number of carbonyl (C=O) groups excluding carboxylic acids is 3. The molecule has 2 aromatic rings. The highest BCUT2D eigenvalue weighted by Crippen LogP contribution is 2.22. The van der Waals surface area contributed by atoms with Gasteiger partial charge in [-0.3, -0.25) is 14.4 Å². The third kappa shape index (κ3) is 5.47. The molecule has 1 aliphatic heterocycles. The van der Waals surface area contributed by atoms with Crippen LogP contribution < -0.4 is 10.6 Å². The van der Waals surface area contributed by atoms with Gasteiger partial charge in [0.15, 0.2) is 0 Å². The number of hydrogen-bond donors (Lipinski definition) is 2. The minimum atomic E-state index is -0.852. The second-order valence-electron chi connectivity index (χ2n) is 7.10. The molecule has 9 heteroatoms. The first-order valence-electron chi connectivity index (χ1n) is 9.65. The predicted molar refractivity (Wildman–Crippen MR) is 120 cm³/mol. The number of anilines is 1. The molecule has 2 heterocycles. The van der Waals surface area contributed by atoms with Crippen molar-refractivity contribution >= 4 is 50.7 Å². The first kappa shape index (κ1) is 22.5. The summed E-state index contributed by atoms with van der Waals surface area (Å²) in [5.41, 5.74) is 1.99. The molecular formula is C21H24BrN3O4S. The molecule has 0 saturated carbocycles. The Kier molecular flexibility index (Phi) is 7.63. The number of hydrogen-bond acceptors (Lipinski definition) is 5. The van der Waals surface area contributed by atoms with E-state index in [4.69, 9.17) is 4.74 Å². The Morgan fingerprint density at radius 3 is 2.53 bits per heavy atom. The fourth-order valence-electron chi connectivity index (χ4n) is 3.32. The van der Waals surface area contributed by atoms with Gasteiger partial charge in [0.25, 0.3) is 11.8 Å². The summed E-state index contributed by atoms with van der Waals surface area (Å²) in [5, 5.41) is 5.50. The molecule has 2 N–H and O–H groups in total. The maximum atomic E-state index is 12.7. The van der Waals surface area contributed by atoms with Crippen LogP contribution in [0.4, 0.5) is 5.69 Å². The zero-order chi connectivity index (χ0) is 21.7. The molecule has 1 aromatic heterocycles. The Balaban J connectivity index is 1.67. The normalized spacial score (nSPS) is 14.4. The molecule has 1 fully saturated rings. The number of likely N-dealkylation sites (tertiary alicyclic amines) is 1. The molecule has 3 rings (SSSR count). The number of nitrogens with zero attached hydrogens (tertiary/aromatic N) is 1. The molecule has 1 saturated heterocycles. The molecule has 30 heavy (non-hydrogen) atoms. The van der Waals surface area contributed by atoms with Crippen molar-refractivity contribution in [3.05, 3.63) is 50.1 Å². The highest BCUT2D eigenvalue weighted by atomic mass is 79.9. The topological polar surface area (TPSA) is 87.7 Å². The number of benzene rings is 1. The maximum Gasteiger partial charge on any atom is 0.262 e. The van der Waals surface area contributed by atoms with Crippen LogP contribution in [-0.2, 0) is 9.53 Å². The summed E-state index contributed by atoms with van der Waals surface area (Å²) in [6, 6.07) is 7.82. The van der Waals surface area contributed by atoms with Crippen molar-refractivity contribution in [3.63, 3.8) is 0 Å². The zero-order valence-electron chi connectivity index (χ0n) is 16.9. The summed E-state index contributed by atoms with van der Waals surface area (Å²) in [5.74, 6) is -0.709. The lowest BCUT2D eigenvalue weighted by Gasteiger charge is -2.19. The number of thiophene rings is 1. The molecular weight excluding hydrogens is 470 g/mol. The molecule has 0 bridgehead atoms. The van der Waals surface area contributed by atoms with E-state index in [0.29, 0.717) is 16.1 Å². The van der Waals surface area contributed by atoms with E-state index in [9.17, 15) is 14.4 Å². The van der Waals surface area contributed by atoms with Gasteiger partial charge in [-0.15, -0.1) is 11.3 Å². The Morgan fingerprint density at radius 1 is 1.20 bits per heavy atom. The van der Waals surface area contributed by atoms with Gasteiger partial charge in [-0.25, -0.2) is 0 Å². The first-order chi connectivity index (χ1) is 14.4. The zero-order valence-corrected chi connectivity index (χ0v) is 19.3. The Bertz CT molecular complexity index is 940. The summed E-state index contributed by atoms with van der Waals surface area (Å²) >= 11 is 4.61. The van der Waals surface area contributed by atoms with Crippen LogP contribution in [0.2, 0.25) is 0 Å². The van der Waals surface area contributed by atoms with E-state index in [2.05, 4.69) is 26.6 Å². The van der Waals surface area contributed by atoms with E-state index in [-0.39, 0.29) is 24.3 Å². The number of rotatable bonds is 7. The van der Waals surface area contributed by atoms with Crippen molar-refractivity contribution in [1.29, 1.82) is 0 Å². The van der Waals surface area contributed by atoms with E-state index in [1.165, 1.54) is 18.4 Å². The maximum absolute atomic E-state index is 12.7. The average Bonchev–Trinajstić information content (AvgIpc) is 3.39. The van der Waals surface area contributed by atoms with Gasteiger partial charge < -0.3 is 20.3 Å².